The molecule has 96 valence electrons. The zero-order chi connectivity index (χ0) is 13.0. The number of anilines is 1. The van der Waals surface area contributed by atoms with Crippen LogP contribution in [0.5, 0.6) is 0 Å². The van der Waals surface area contributed by atoms with Crippen LogP contribution in [0.15, 0.2) is 28.2 Å². The summed E-state index contributed by atoms with van der Waals surface area (Å²) in [6.07, 6.45) is 3.27. The molecule has 3 N–H and O–H groups in total. The van der Waals surface area contributed by atoms with Crippen LogP contribution < -0.4 is 11.1 Å². The molecule has 0 bridgehead atoms. The van der Waals surface area contributed by atoms with Crippen LogP contribution >= 0.6 is 11.3 Å². The maximum Gasteiger partial charge on any atom is 0.271 e. The quantitative estimate of drug-likeness (QED) is 0.867. The smallest absolute Gasteiger partial charge is 0.271 e. The number of hydrogen-bond donors (Lipinski definition) is 2. The number of hydrogen-bond acceptors (Lipinski definition) is 5. The van der Waals surface area contributed by atoms with Crippen molar-refractivity contribution in [3.8, 4) is 0 Å². The molecule has 0 saturated carbocycles. The number of amides is 1. The molecule has 2 rings (SSSR count). The lowest BCUT2D eigenvalue weighted by Gasteiger charge is -2.11. The lowest BCUT2D eigenvalue weighted by atomic mass is 10.1. The third-order valence-corrected chi connectivity index (χ3v) is 3.21. The minimum Gasteiger partial charge on any atom is -0.469 e. The highest BCUT2D eigenvalue weighted by Gasteiger charge is 2.12. The van der Waals surface area contributed by atoms with Crippen molar-refractivity contribution >= 4 is 22.4 Å². The summed E-state index contributed by atoms with van der Waals surface area (Å²) in [7, 11) is 0. The summed E-state index contributed by atoms with van der Waals surface area (Å²) in [6.45, 7) is 1.95. The third-order valence-electron chi connectivity index (χ3n) is 2.54. The summed E-state index contributed by atoms with van der Waals surface area (Å²) in [5, 5.41) is 4.94. The Morgan fingerprint density at radius 1 is 1.67 bits per heavy atom. The second-order valence-corrected chi connectivity index (χ2v) is 4.95. The number of rotatable bonds is 5. The summed E-state index contributed by atoms with van der Waals surface area (Å²) < 4.78 is 5.24. The zero-order valence-electron chi connectivity index (χ0n) is 10.1. The highest BCUT2D eigenvalue weighted by atomic mass is 32.1. The van der Waals surface area contributed by atoms with Crippen LogP contribution in [0.4, 0.5) is 5.13 Å². The van der Waals surface area contributed by atoms with Crippen LogP contribution in [0.3, 0.4) is 0 Å². The van der Waals surface area contributed by atoms with Gasteiger partial charge in [0, 0.05) is 17.8 Å². The van der Waals surface area contributed by atoms with Gasteiger partial charge in [0.1, 0.15) is 11.5 Å². The van der Waals surface area contributed by atoms with Crippen LogP contribution in [0.25, 0.3) is 0 Å². The molecule has 0 aliphatic heterocycles. The van der Waals surface area contributed by atoms with Gasteiger partial charge in [0.25, 0.3) is 5.91 Å². The van der Waals surface area contributed by atoms with Crippen molar-refractivity contribution in [3.63, 3.8) is 0 Å². The summed E-state index contributed by atoms with van der Waals surface area (Å²) in [5.41, 5.74) is 5.86. The average Bonchev–Trinajstić information content (AvgIpc) is 2.97. The summed E-state index contributed by atoms with van der Waals surface area (Å²) in [4.78, 5) is 15.7. The van der Waals surface area contributed by atoms with Gasteiger partial charge in [-0.15, -0.1) is 11.3 Å². The fourth-order valence-electron chi connectivity index (χ4n) is 1.58. The van der Waals surface area contributed by atoms with Gasteiger partial charge in [0.15, 0.2) is 5.13 Å². The zero-order valence-corrected chi connectivity index (χ0v) is 10.9. The predicted molar refractivity (Wildman–Crippen MR) is 70.5 cm³/mol. The van der Waals surface area contributed by atoms with E-state index in [0.717, 1.165) is 18.6 Å². The molecule has 2 aromatic heterocycles. The Morgan fingerprint density at radius 3 is 3.11 bits per heavy atom. The number of aryl methyl sites for hydroxylation is 1. The number of carbonyl (C=O) groups is 1. The van der Waals surface area contributed by atoms with E-state index >= 15 is 0 Å². The molecule has 0 fully saturated rings. The van der Waals surface area contributed by atoms with Gasteiger partial charge in [0.2, 0.25) is 0 Å². The van der Waals surface area contributed by atoms with Crippen molar-refractivity contribution in [1.82, 2.24) is 10.3 Å². The number of nitrogens with one attached hydrogen (secondary N) is 1. The fraction of sp³-hybridized carbons (Fsp3) is 0.333. The van der Waals surface area contributed by atoms with Gasteiger partial charge in [-0.05, 0) is 25.5 Å². The molecular weight excluding hydrogens is 250 g/mol. The molecule has 18 heavy (non-hydrogen) atoms. The molecule has 0 radical (unpaired) electrons. The van der Waals surface area contributed by atoms with Gasteiger partial charge in [-0.25, -0.2) is 4.98 Å². The van der Waals surface area contributed by atoms with Gasteiger partial charge < -0.3 is 15.5 Å². The number of nitrogen functional groups attached to an aromatic ring is 1. The standard InChI is InChI=1S/C12H15N3O2S/c1-8(4-5-9-3-2-6-17-9)14-11(16)10-7-18-12(13)15-10/h2-3,6-8H,4-5H2,1H3,(H2,13,15)(H,14,16). The Labute approximate surface area is 109 Å². The van der Waals surface area contributed by atoms with E-state index in [1.807, 2.05) is 19.1 Å². The number of nitrogens with zero attached hydrogens (tertiary/aromatic N) is 1. The Morgan fingerprint density at radius 2 is 2.50 bits per heavy atom. The maximum atomic E-state index is 11.8. The number of carbonyl (C=O) groups excluding carboxylic acids is 1. The number of aromatic nitrogens is 1. The van der Waals surface area contributed by atoms with E-state index in [-0.39, 0.29) is 11.9 Å². The van der Waals surface area contributed by atoms with E-state index in [4.69, 9.17) is 10.2 Å². The van der Waals surface area contributed by atoms with Gasteiger partial charge in [-0.1, -0.05) is 0 Å². The molecule has 0 aromatic carbocycles. The minimum atomic E-state index is -0.185. The lowest BCUT2D eigenvalue weighted by Crippen LogP contribution is -2.33. The molecule has 0 saturated heterocycles. The first kappa shape index (κ1) is 12.6. The van der Waals surface area contributed by atoms with Crippen molar-refractivity contribution < 1.29 is 9.21 Å². The molecule has 5 nitrogen and oxygen atoms in total. The summed E-state index contributed by atoms with van der Waals surface area (Å²) >= 11 is 1.26. The van der Waals surface area contributed by atoms with E-state index in [2.05, 4.69) is 10.3 Å². The first-order chi connectivity index (χ1) is 8.65. The molecule has 1 amide bonds. The van der Waals surface area contributed by atoms with E-state index in [1.54, 1.807) is 11.6 Å². The van der Waals surface area contributed by atoms with Crippen molar-refractivity contribution in [2.45, 2.75) is 25.8 Å². The minimum absolute atomic E-state index is 0.0607. The van der Waals surface area contributed by atoms with Crippen molar-refractivity contribution in [2.75, 3.05) is 5.73 Å². The summed E-state index contributed by atoms with van der Waals surface area (Å²) in [5.74, 6) is 0.740. The number of nitrogens with two attached hydrogens (primary N) is 1. The van der Waals surface area contributed by atoms with Crippen LogP contribution in [-0.4, -0.2) is 16.9 Å². The van der Waals surface area contributed by atoms with E-state index < -0.39 is 0 Å². The average molecular weight is 265 g/mol. The van der Waals surface area contributed by atoms with Crippen molar-refractivity contribution in [3.05, 3.63) is 35.2 Å². The Bertz CT molecular complexity index is 507. The van der Waals surface area contributed by atoms with Crippen LogP contribution in [0.2, 0.25) is 0 Å². The van der Waals surface area contributed by atoms with Crippen LogP contribution in [0.1, 0.15) is 29.6 Å². The first-order valence-corrected chi connectivity index (χ1v) is 6.57. The molecule has 0 aliphatic rings. The second kappa shape index (κ2) is 5.68. The molecule has 0 spiro atoms. The Balaban J connectivity index is 1.80. The highest BCUT2D eigenvalue weighted by Crippen LogP contribution is 2.11. The summed E-state index contributed by atoms with van der Waals surface area (Å²) in [6, 6.07) is 3.84. The van der Waals surface area contributed by atoms with Gasteiger partial charge in [-0.2, -0.15) is 0 Å². The number of furan rings is 1. The molecule has 1 unspecified atom stereocenters. The second-order valence-electron chi connectivity index (χ2n) is 4.06. The molecule has 1 atom stereocenters. The third kappa shape index (κ3) is 3.33. The SMILES string of the molecule is CC(CCc1ccco1)NC(=O)c1csc(N)n1. The highest BCUT2D eigenvalue weighted by molar-refractivity contribution is 7.13. The maximum absolute atomic E-state index is 11.8. The molecule has 2 heterocycles. The molecule has 0 aliphatic carbocycles. The normalized spacial score (nSPS) is 12.3. The molecule has 6 heteroatoms. The topological polar surface area (TPSA) is 81.2 Å². The van der Waals surface area contributed by atoms with Gasteiger partial charge in [0.05, 0.1) is 6.26 Å². The fourth-order valence-corrected chi connectivity index (χ4v) is 2.12. The van der Waals surface area contributed by atoms with Gasteiger partial charge >= 0.3 is 0 Å². The number of thiazole rings is 1. The van der Waals surface area contributed by atoms with Gasteiger partial charge in [-0.3, -0.25) is 4.79 Å². The van der Waals surface area contributed by atoms with Crippen molar-refractivity contribution in [1.29, 1.82) is 0 Å². The molecule has 2 aromatic rings. The largest absolute Gasteiger partial charge is 0.469 e. The monoisotopic (exact) mass is 265 g/mol. The van der Waals surface area contributed by atoms with E-state index in [1.165, 1.54) is 11.3 Å². The molecular formula is C12H15N3O2S. The van der Waals surface area contributed by atoms with Crippen molar-refractivity contribution in [2.24, 2.45) is 0 Å². The Hall–Kier alpha value is -1.82. The van der Waals surface area contributed by atoms with Crippen LogP contribution in [-0.2, 0) is 6.42 Å². The first-order valence-electron chi connectivity index (χ1n) is 5.69. The van der Waals surface area contributed by atoms with E-state index in [9.17, 15) is 4.79 Å². The predicted octanol–water partition coefficient (Wildman–Crippen LogP) is 2.07. The lowest BCUT2D eigenvalue weighted by molar-refractivity contribution is 0.0934. The van der Waals surface area contributed by atoms with E-state index in [0.29, 0.717) is 10.8 Å². The Kier molecular flexibility index (Phi) is 3.99. The van der Waals surface area contributed by atoms with Crippen LogP contribution in [0, 0.1) is 0 Å².